The zero-order valence-corrected chi connectivity index (χ0v) is 14.0. The summed E-state index contributed by atoms with van der Waals surface area (Å²) < 4.78 is 11.0. The third kappa shape index (κ3) is 3.37. The van der Waals surface area contributed by atoms with Crippen LogP contribution in [0.4, 0.5) is 0 Å². The van der Waals surface area contributed by atoms with Crippen LogP contribution in [0.2, 0.25) is 0 Å². The molecule has 130 valence electrons. The van der Waals surface area contributed by atoms with Gasteiger partial charge in [-0.15, -0.1) is 0 Å². The number of carbonyl (C=O) groups excluding carboxylic acids is 2. The number of carbonyl (C=O) groups is 2. The first kappa shape index (κ1) is 16.1. The summed E-state index contributed by atoms with van der Waals surface area (Å²) in [4.78, 5) is 27.3. The van der Waals surface area contributed by atoms with E-state index in [0.717, 1.165) is 12.2 Å². The second-order valence-electron chi connectivity index (χ2n) is 6.72. The molecular formula is C20H21NO4. The number of nitrogens with zero attached hydrogens (tertiary/aromatic N) is 1. The molecule has 25 heavy (non-hydrogen) atoms. The average Bonchev–Trinajstić information content (AvgIpc) is 3.27. The van der Waals surface area contributed by atoms with Gasteiger partial charge in [0.05, 0.1) is 25.5 Å². The van der Waals surface area contributed by atoms with E-state index >= 15 is 0 Å². The molecule has 4 rings (SSSR count). The first-order valence-corrected chi connectivity index (χ1v) is 8.74. The highest BCUT2D eigenvalue weighted by molar-refractivity contribution is 5.96. The third-order valence-corrected chi connectivity index (χ3v) is 5.04. The molecule has 1 saturated heterocycles. The van der Waals surface area contributed by atoms with Crippen molar-refractivity contribution < 1.29 is 18.7 Å². The molecule has 3 atom stereocenters. The molecule has 1 aliphatic heterocycles. The molecular weight excluding hydrogens is 318 g/mol. The van der Waals surface area contributed by atoms with Crippen LogP contribution in [-0.4, -0.2) is 42.4 Å². The van der Waals surface area contributed by atoms with E-state index in [1.165, 1.54) is 0 Å². The number of hydrogen-bond acceptors (Lipinski definition) is 4. The largest absolute Gasteiger partial charge is 0.469 e. The number of furan rings is 1. The standard InChI is InChI=1S/C20H21NO4/c22-18(14-5-2-1-3-6-14)11-15-13-24-10-8-21(15)20(23)17-12-16(17)19-7-4-9-25-19/h1-7,9,15-17H,8,10-13H2. The predicted octanol–water partition coefficient (Wildman–Crippen LogP) is 2.88. The highest BCUT2D eigenvalue weighted by Gasteiger charge is 2.49. The summed E-state index contributed by atoms with van der Waals surface area (Å²) in [5.41, 5.74) is 0.681. The normalized spacial score (nSPS) is 25.6. The number of morpholine rings is 1. The Morgan fingerprint density at radius 2 is 1.96 bits per heavy atom. The van der Waals surface area contributed by atoms with Gasteiger partial charge in [0, 0.05) is 30.4 Å². The van der Waals surface area contributed by atoms with E-state index in [4.69, 9.17) is 9.15 Å². The van der Waals surface area contributed by atoms with Crippen molar-refractivity contribution in [2.24, 2.45) is 5.92 Å². The van der Waals surface area contributed by atoms with Crippen LogP contribution in [0.25, 0.3) is 0 Å². The van der Waals surface area contributed by atoms with Gasteiger partial charge in [0.15, 0.2) is 5.78 Å². The van der Waals surface area contributed by atoms with E-state index in [1.807, 2.05) is 47.4 Å². The minimum Gasteiger partial charge on any atom is -0.469 e. The smallest absolute Gasteiger partial charge is 0.226 e. The van der Waals surface area contributed by atoms with Gasteiger partial charge < -0.3 is 14.1 Å². The van der Waals surface area contributed by atoms with Gasteiger partial charge in [0.2, 0.25) is 5.91 Å². The molecule has 5 heteroatoms. The third-order valence-electron chi connectivity index (χ3n) is 5.04. The quantitative estimate of drug-likeness (QED) is 0.786. The van der Waals surface area contributed by atoms with Gasteiger partial charge in [0.1, 0.15) is 5.76 Å². The molecule has 1 aromatic carbocycles. The van der Waals surface area contributed by atoms with Crippen molar-refractivity contribution in [2.75, 3.05) is 19.8 Å². The minimum absolute atomic E-state index is 0.0291. The lowest BCUT2D eigenvalue weighted by atomic mass is 10.0. The van der Waals surface area contributed by atoms with E-state index in [-0.39, 0.29) is 29.6 Å². The van der Waals surface area contributed by atoms with Gasteiger partial charge in [-0.3, -0.25) is 9.59 Å². The maximum absolute atomic E-state index is 12.9. The number of ether oxygens (including phenoxy) is 1. The lowest BCUT2D eigenvalue weighted by Crippen LogP contribution is -2.50. The van der Waals surface area contributed by atoms with Crippen molar-refractivity contribution in [1.29, 1.82) is 0 Å². The molecule has 2 aliphatic rings. The number of Topliss-reactive ketones (excluding diaryl/α,β-unsaturated/α-hetero) is 1. The second-order valence-corrected chi connectivity index (χ2v) is 6.72. The van der Waals surface area contributed by atoms with Crippen LogP contribution < -0.4 is 0 Å². The van der Waals surface area contributed by atoms with Crippen molar-refractivity contribution >= 4 is 11.7 Å². The maximum Gasteiger partial charge on any atom is 0.226 e. The summed E-state index contributed by atoms with van der Waals surface area (Å²) in [6.07, 6.45) is 2.77. The Balaban J connectivity index is 1.43. The number of amides is 1. The number of hydrogen-bond donors (Lipinski definition) is 0. The molecule has 3 unspecified atom stereocenters. The summed E-state index contributed by atoms with van der Waals surface area (Å²) in [6, 6.07) is 12.8. The van der Waals surface area contributed by atoms with Crippen molar-refractivity contribution in [3.8, 4) is 0 Å². The fraction of sp³-hybridized carbons (Fsp3) is 0.400. The van der Waals surface area contributed by atoms with Crippen LogP contribution >= 0.6 is 0 Å². The Labute approximate surface area is 146 Å². The van der Waals surface area contributed by atoms with Crippen LogP contribution in [-0.2, 0) is 9.53 Å². The number of ketones is 1. The van der Waals surface area contributed by atoms with Gasteiger partial charge in [-0.2, -0.15) is 0 Å². The fourth-order valence-corrected chi connectivity index (χ4v) is 3.57. The predicted molar refractivity (Wildman–Crippen MR) is 91.3 cm³/mol. The van der Waals surface area contributed by atoms with Gasteiger partial charge in [-0.05, 0) is 18.6 Å². The van der Waals surface area contributed by atoms with Crippen LogP contribution in [0, 0.1) is 5.92 Å². The topological polar surface area (TPSA) is 59.8 Å². The Morgan fingerprint density at radius 3 is 2.72 bits per heavy atom. The van der Waals surface area contributed by atoms with E-state index in [1.54, 1.807) is 6.26 Å². The maximum atomic E-state index is 12.9. The molecule has 2 heterocycles. The Kier molecular flexibility index (Phi) is 4.40. The summed E-state index contributed by atoms with van der Waals surface area (Å²) in [7, 11) is 0. The summed E-state index contributed by atoms with van der Waals surface area (Å²) >= 11 is 0. The molecule has 0 spiro atoms. The van der Waals surface area contributed by atoms with Crippen LogP contribution in [0.3, 0.4) is 0 Å². The lowest BCUT2D eigenvalue weighted by Gasteiger charge is -2.35. The summed E-state index contributed by atoms with van der Waals surface area (Å²) in [5.74, 6) is 1.20. The first-order valence-electron chi connectivity index (χ1n) is 8.74. The van der Waals surface area contributed by atoms with Crippen molar-refractivity contribution in [3.05, 3.63) is 60.1 Å². The highest BCUT2D eigenvalue weighted by atomic mass is 16.5. The number of benzene rings is 1. The fourth-order valence-electron chi connectivity index (χ4n) is 3.57. The average molecular weight is 339 g/mol. The Hall–Kier alpha value is -2.40. The van der Waals surface area contributed by atoms with Crippen LogP contribution in [0.1, 0.15) is 34.9 Å². The van der Waals surface area contributed by atoms with Crippen LogP contribution in [0.5, 0.6) is 0 Å². The molecule has 5 nitrogen and oxygen atoms in total. The van der Waals surface area contributed by atoms with Gasteiger partial charge in [-0.1, -0.05) is 30.3 Å². The van der Waals surface area contributed by atoms with Crippen molar-refractivity contribution in [1.82, 2.24) is 4.90 Å². The SMILES string of the molecule is O=C(CC1COCCN1C(=O)C1CC1c1ccco1)c1ccccc1. The molecule has 1 amide bonds. The van der Waals surface area contributed by atoms with Crippen molar-refractivity contribution in [2.45, 2.75) is 24.8 Å². The highest BCUT2D eigenvalue weighted by Crippen LogP contribution is 2.49. The molecule has 1 aromatic heterocycles. The van der Waals surface area contributed by atoms with E-state index in [0.29, 0.717) is 31.7 Å². The van der Waals surface area contributed by atoms with E-state index < -0.39 is 0 Å². The van der Waals surface area contributed by atoms with Crippen LogP contribution in [0.15, 0.2) is 53.1 Å². The van der Waals surface area contributed by atoms with Gasteiger partial charge in [0.25, 0.3) is 0 Å². The summed E-state index contributed by atoms with van der Waals surface area (Å²) in [6.45, 7) is 1.50. The molecule has 1 aliphatic carbocycles. The lowest BCUT2D eigenvalue weighted by molar-refractivity contribution is -0.141. The second kappa shape index (κ2) is 6.84. The molecule has 0 bridgehead atoms. The minimum atomic E-state index is -0.188. The molecule has 0 radical (unpaired) electrons. The Morgan fingerprint density at radius 1 is 1.12 bits per heavy atom. The van der Waals surface area contributed by atoms with E-state index in [9.17, 15) is 9.59 Å². The van der Waals surface area contributed by atoms with E-state index in [2.05, 4.69) is 0 Å². The Bertz CT molecular complexity index is 740. The monoisotopic (exact) mass is 339 g/mol. The van der Waals surface area contributed by atoms with Gasteiger partial charge in [-0.25, -0.2) is 0 Å². The molecule has 2 fully saturated rings. The van der Waals surface area contributed by atoms with Crippen molar-refractivity contribution in [3.63, 3.8) is 0 Å². The number of rotatable bonds is 5. The molecule has 2 aromatic rings. The summed E-state index contributed by atoms with van der Waals surface area (Å²) in [5, 5.41) is 0. The van der Waals surface area contributed by atoms with Gasteiger partial charge >= 0.3 is 0 Å². The molecule has 0 N–H and O–H groups in total. The molecule has 1 saturated carbocycles. The zero-order valence-electron chi connectivity index (χ0n) is 14.0. The zero-order chi connectivity index (χ0) is 17.2. The first-order chi connectivity index (χ1) is 12.2.